The van der Waals surface area contributed by atoms with Gasteiger partial charge in [0, 0.05) is 0 Å². The van der Waals surface area contributed by atoms with Crippen LogP contribution >= 0.6 is 22.6 Å². The van der Waals surface area contributed by atoms with Crippen LogP contribution in [-0.4, -0.2) is 24.8 Å². The minimum Gasteiger partial charge on any atom is -0.491 e. The first-order valence-corrected chi connectivity index (χ1v) is 6.80. The summed E-state index contributed by atoms with van der Waals surface area (Å²) in [6.07, 6.45) is -0.422. The molecule has 0 bridgehead atoms. The molecule has 0 aliphatic carbocycles. The van der Waals surface area contributed by atoms with Crippen molar-refractivity contribution in [2.24, 2.45) is 0 Å². The number of hydrogen-bond acceptors (Lipinski definition) is 3. The fourth-order valence-electron chi connectivity index (χ4n) is 1.19. The second-order valence-corrected chi connectivity index (χ2v) is 5.87. The van der Waals surface area contributed by atoms with Gasteiger partial charge in [0.1, 0.15) is 18.0 Å². The first-order chi connectivity index (χ1) is 8.38. The Balaban J connectivity index is 2.23. The summed E-state index contributed by atoms with van der Waals surface area (Å²) in [5, 5.41) is 2.64. The summed E-state index contributed by atoms with van der Waals surface area (Å²) in [4.78, 5) is 11.3. The summed E-state index contributed by atoms with van der Waals surface area (Å²) < 4.78 is 11.7. The van der Waals surface area contributed by atoms with Gasteiger partial charge in [-0.25, -0.2) is 4.79 Å². The van der Waals surface area contributed by atoms with Crippen molar-refractivity contribution in [3.8, 4) is 5.75 Å². The average Bonchev–Trinajstić information content (AvgIpc) is 2.24. The smallest absolute Gasteiger partial charge is 0.407 e. The Kier molecular flexibility index (Phi) is 5.71. The van der Waals surface area contributed by atoms with Gasteiger partial charge < -0.3 is 14.8 Å². The topological polar surface area (TPSA) is 47.6 Å². The maximum Gasteiger partial charge on any atom is 0.407 e. The van der Waals surface area contributed by atoms with E-state index in [-0.39, 0.29) is 0 Å². The van der Waals surface area contributed by atoms with E-state index in [0.29, 0.717) is 13.2 Å². The molecular formula is C13H18INO3. The van der Waals surface area contributed by atoms with E-state index < -0.39 is 11.7 Å². The molecule has 0 saturated heterocycles. The highest BCUT2D eigenvalue weighted by Gasteiger charge is 2.15. The molecule has 1 N–H and O–H groups in total. The third-order valence-corrected chi connectivity index (χ3v) is 2.76. The number of benzene rings is 1. The molecular weight excluding hydrogens is 345 g/mol. The predicted octanol–water partition coefficient (Wildman–Crippen LogP) is 3.19. The molecule has 1 aromatic rings. The van der Waals surface area contributed by atoms with Gasteiger partial charge in [0.15, 0.2) is 0 Å². The lowest BCUT2D eigenvalue weighted by Gasteiger charge is -2.19. The fourth-order valence-corrected chi connectivity index (χ4v) is 1.73. The van der Waals surface area contributed by atoms with E-state index in [1.807, 2.05) is 45.0 Å². The summed E-state index contributed by atoms with van der Waals surface area (Å²) in [5.74, 6) is 0.823. The zero-order chi connectivity index (χ0) is 13.6. The van der Waals surface area contributed by atoms with E-state index in [4.69, 9.17) is 9.47 Å². The van der Waals surface area contributed by atoms with Gasteiger partial charge >= 0.3 is 6.09 Å². The number of ether oxygens (including phenoxy) is 2. The molecule has 1 aromatic carbocycles. The van der Waals surface area contributed by atoms with Crippen LogP contribution in [-0.2, 0) is 4.74 Å². The van der Waals surface area contributed by atoms with Crippen LogP contribution < -0.4 is 10.1 Å². The highest BCUT2D eigenvalue weighted by molar-refractivity contribution is 14.1. The minimum atomic E-state index is -0.472. The predicted molar refractivity (Wildman–Crippen MR) is 78.9 cm³/mol. The molecule has 100 valence electrons. The van der Waals surface area contributed by atoms with Crippen molar-refractivity contribution in [1.29, 1.82) is 0 Å². The lowest BCUT2D eigenvalue weighted by molar-refractivity contribution is 0.0520. The molecule has 1 amide bonds. The summed E-state index contributed by atoms with van der Waals surface area (Å²) in [5.41, 5.74) is -0.472. The van der Waals surface area contributed by atoms with Gasteiger partial charge in [-0.1, -0.05) is 12.1 Å². The molecule has 18 heavy (non-hydrogen) atoms. The Morgan fingerprint density at radius 1 is 1.33 bits per heavy atom. The Labute approximate surface area is 121 Å². The van der Waals surface area contributed by atoms with Crippen molar-refractivity contribution < 1.29 is 14.3 Å². The monoisotopic (exact) mass is 363 g/mol. The highest BCUT2D eigenvalue weighted by atomic mass is 127. The molecule has 0 heterocycles. The fraction of sp³-hybridized carbons (Fsp3) is 0.462. The van der Waals surface area contributed by atoms with E-state index in [1.165, 1.54) is 0 Å². The second-order valence-electron chi connectivity index (χ2n) is 4.71. The lowest BCUT2D eigenvalue weighted by Crippen LogP contribution is -2.34. The number of nitrogens with one attached hydrogen (secondary N) is 1. The van der Waals surface area contributed by atoms with Gasteiger partial charge in [-0.3, -0.25) is 0 Å². The van der Waals surface area contributed by atoms with Crippen LogP contribution in [0, 0.1) is 3.57 Å². The summed E-state index contributed by atoms with van der Waals surface area (Å²) in [6, 6.07) is 7.73. The van der Waals surface area contributed by atoms with Crippen LogP contribution in [0.2, 0.25) is 0 Å². The second kappa shape index (κ2) is 6.82. The molecule has 0 radical (unpaired) electrons. The number of carbonyl (C=O) groups excluding carboxylic acids is 1. The van der Waals surface area contributed by atoms with Crippen LogP contribution in [0.25, 0.3) is 0 Å². The van der Waals surface area contributed by atoms with Gasteiger partial charge in [0.2, 0.25) is 0 Å². The standard InChI is InChI=1S/C13H18INO3/c1-13(2,3)18-12(16)15-8-9-17-11-7-5-4-6-10(11)14/h4-7H,8-9H2,1-3H3,(H,15,16). The van der Waals surface area contributed by atoms with Gasteiger partial charge in [0.05, 0.1) is 10.1 Å². The average molecular weight is 363 g/mol. The number of hydrogen-bond donors (Lipinski definition) is 1. The van der Waals surface area contributed by atoms with E-state index in [9.17, 15) is 4.79 Å². The number of alkyl carbamates (subject to hydrolysis) is 1. The molecule has 1 rings (SSSR count). The molecule has 0 unspecified atom stereocenters. The Morgan fingerprint density at radius 3 is 2.61 bits per heavy atom. The SMILES string of the molecule is CC(C)(C)OC(=O)NCCOc1ccccc1I. The van der Waals surface area contributed by atoms with Crippen LogP contribution in [0.3, 0.4) is 0 Å². The number of halogens is 1. The third kappa shape index (κ3) is 6.09. The van der Waals surface area contributed by atoms with Crippen molar-refractivity contribution in [3.63, 3.8) is 0 Å². The van der Waals surface area contributed by atoms with Gasteiger partial charge in [-0.2, -0.15) is 0 Å². The van der Waals surface area contributed by atoms with Crippen molar-refractivity contribution in [3.05, 3.63) is 27.8 Å². The zero-order valence-electron chi connectivity index (χ0n) is 10.8. The zero-order valence-corrected chi connectivity index (χ0v) is 13.0. The maximum absolute atomic E-state index is 11.3. The normalized spacial score (nSPS) is 10.9. The molecule has 0 aromatic heterocycles. The lowest BCUT2D eigenvalue weighted by atomic mass is 10.2. The van der Waals surface area contributed by atoms with Crippen molar-refractivity contribution >= 4 is 28.7 Å². The summed E-state index contributed by atoms with van der Waals surface area (Å²) >= 11 is 2.21. The van der Waals surface area contributed by atoms with E-state index in [2.05, 4.69) is 27.9 Å². The van der Waals surface area contributed by atoms with Crippen LogP contribution in [0.5, 0.6) is 5.75 Å². The minimum absolute atomic E-state index is 0.416. The molecule has 0 aliphatic rings. The maximum atomic E-state index is 11.3. The molecule has 0 fully saturated rings. The van der Waals surface area contributed by atoms with Gasteiger partial charge in [0.25, 0.3) is 0 Å². The first-order valence-electron chi connectivity index (χ1n) is 5.73. The van der Waals surface area contributed by atoms with Crippen LogP contribution in [0.15, 0.2) is 24.3 Å². The van der Waals surface area contributed by atoms with E-state index >= 15 is 0 Å². The molecule has 0 aliphatic heterocycles. The summed E-state index contributed by atoms with van der Waals surface area (Å²) in [6.45, 7) is 6.32. The number of rotatable bonds is 4. The van der Waals surface area contributed by atoms with E-state index in [1.54, 1.807) is 0 Å². The third-order valence-electron chi connectivity index (χ3n) is 1.86. The highest BCUT2D eigenvalue weighted by Crippen LogP contribution is 2.19. The van der Waals surface area contributed by atoms with Gasteiger partial charge in [-0.15, -0.1) is 0 Å². The largest absolute Gasteiger partial charge is 0.491 e. The Bertz CT molecular complexity index is 401. The van der Waals surface area contributed by atoms with Crippen molar-refractivity contribution in [2.75, 3.05) is 13.2 Å². The molecule has 5 heteroatoms. The van der Waals surface area contributed by atoms with Crippen molar-refractivity contribution in [2.45, 2.75) is 26.4 Å². The molecule has 4 nitrogen and oxygen atoms in total. The number of para-hydroxylation sites is 1. The number of amides is 1. The first kappa shape index (κ1) is 15.1. The molecule has 0 spiro atoms. The van der Waals surface area contributed by atoms with Crippen LogP contribution in [0.4, 0.5) is 4.79 Å². The Hall–Kier alpha value is -0.980. The molecule has 0 atom stereocenters. The summed E-state index contributed by atoms with van der Waals surface area (Å²) in [7, 11) is 0. The molecule has 0 saturated carbocycles. The van der Waals surface area contributed by atoms with Crippen molar-refractivity contribution in [1.82, 2.24) is 5.32 Å². The number of carbonyl (C=O) groups is 1. The quantitative estimate of drug-likeness (QED) is 0.660. The Morgan fingerprint density at radius 2 is 2.00 bits per heavy atom. The van der Waals surface area contributed by atoms with E-state index in [0.717, 1.165) is 9.32 Å². The van der Waals surface area contributed by atoms with Crippen LogP contribution in [0.1, 0.15) is 20.8 Å². The van der Waals surface area contributed by atoms with Gasteiger partial charge in [-0.05, 0) is 55.5 Å².